The van der Waals surface area contributed by atoms with Gasteiger partial charge in [-0.25, -0.2) is 0 Å². The molecule has 21 heavy (non-hydrogen) atoms. The average molecular weight is 292 g/mol. The molecule has 0 aliphatic carbocycles. The minimum absolute atomic E-state index is 0.0402. The van der Waals surface area contributed by atoms with E-state index >= 15 is 0 Å². The minimum atomic E-state index is 0.0402. The van der Waals surface area contributed by atoms with E-state index in [4.69, 9.17) is 4.74 Å². The van der Waals surface area contributed by atoms with Crippen molar-refractivity contribution in [1.29, 1.82) is 0 Å². The first kappa shape index (κ1) is 17.5. The van der Waals surface area contributed by atoms with E-state index in [1.54, 1.807) is 0 Å². The van der Waals surface area contributed by atoms with Crippen molar-refractivity contribution in [2.75, 3.05) is 19.7 Å². The van der Waals surface area contributed by atoms with Crippen LogP contribution in [0.2, 0.25) is 0 Å². The van der Waals surface area contributed by atoms with Crippen LogP contribution in [0.4, 0.5) is 0 Å². The number of nitrogens with one attached hydrogen (secondary N) is 2. The Balaban J connectivity index is 2.37. The summed E-state index contributed by atoms with van der Waals surface area (Å²) in [4.78, 5) is 11.7. The van der Waals surface area contributed by atoms with E-state index in [1.165, 1.54) is 0 Å². The van der Waals surface area contributed by atoms with E-state index in [0.29, 0.717) is 12.5 Å². The summed E-state index contributed by atoms with van der Waals surface area (Å²) in [7, 11) is 0. The maximum Gasteiger partial charge on any atom is 0.233 e. The van der Waals surface area contributed by atoms with Crippen LogP contribution in [0.25, 0.3) is 0 Å². The Bertz CT molecular complexity index is 415. The van der Waals surface area contributed by atoms with Crippen molar-refractivity contribution in [3.8, 4) is 5.75 Å². The zero-order valence-electron chi connectivity index (χ0n) is 13.6. The molecule has 1 amide bonds. The lowest BCUT2D eigenvalue weighted by Gasteiger charge is -2.15. The number of hydrogen-bond donors (Lipinski definition) is 2. The van der Waals surface area contributed by atoms with Crippen LogP contribution in [0.1, 0.15) is 45.7 Å². The van der Waals surface area contributed by atoms with Gasteiger partial charge in [-0.2, -0.15) is 0 Å². The van der Waals surface area contributed by atoms with Crippen LogP contribution in [-0.2, 0) is 4.79 Å². The molecular weight excluding hydrogens is 264 g/mol. The number of ether oxygens (including phenoxy) is 1. The summed E-state index contributed by atoms with van der Waals surface area (Å²) >= 11 is 0. The van der Waals surface area contributed by atoms with Gasteiger partial charge in [0.15, 0.2) is 0 Å². The van der Waals surface area contributed by atoms with Crippen molar-refractivity contribution < 1.29 is 9.53 Å². The van der Waals surface area contributed by atoms with Gasteiger partial charge in [0.2, 0.25) is 5.91 Å². The van der Waals surface area contributed by atoms with Crippen molar-refractivity contribution >= 4 is 5.91 Å². The molecule has 0 aliphatic rings. The molecular formula is C17H28N2O2. The largest absolute Gasteiger partial charge is 0.494 e. The van der Waals surface area contributed by atoms with Crippen molar-refractivity contribution in [3.63, 3.8) is 0 Å². The average Bonchev–Trinajstić information content (AvgIpc) is 2.49. The van der Waals surface area contributed by atoms with Crippen molar-refractivity contribution in [1.82, 2.24) is 10.6 Å². The van der Waals surface area contributed by atoms with E-state index in [1.807, 2.05) is 24.3 Å². The molecule has 0 bridgehead atoms. The highest BCUT2D eigenvalue weighted by Crippen LogP contribution is 2.17. The van der Waals surface area contributed by atoms with E-state index in [9.17, 15) is 4.79 Å². The van der Waals surface area contributed by atoms with Gasteiger partial charge in [0.05, 0.1) is 13.2 Å². The number of benzene rings is 1. The van der Waals surface area contributed by atoms with Crippen molar-refractivity contribution in [2.24, 2.45) is 5.92 Å². The minimum Gasteiger partial charge on any atom is -0.494 e. The first-order valence-corrected chi connectivity index (χ1v) is 7.75. The van der Waals surface area contributed by atoms with Crippen molar-refractivity contribution in [3.05, 3.63) is 29.8 Å². The molecule has 0 fully saturated rings. The lowest BCUT2D eigenvalue weighted by Crippen LogP contribution is -2.36. The predicted octanol–water partition coefficient (Wildman–Crippen LogP) is 2.90. The Morgan fingerprint density at radius 2 is 1.86 bits per heavy atom. The van der Waals surface area contributed by atoms with Gasteiger partial charge in [-0.1, -0.05) is 32.9 Å². The van der Waals surface area contributed by atoms with E-state index < -0.39 is 0 Å². The second kappa shape index (κ2) is 9.40. The molecule has 0 saturated carbocycles. The highest BCUT2D eigenvalue weighted by molar-refractivity contribution is 5.78. The highest BCUT2D eigenvalue weighted by Gasteiger charge is 2.08. The molecule has 0 saturated heterocycles. The van der Waals surface area contributed by atoms with Crippen LogP contribution in [0, 0.1) is 5.92 Å². The molecule has 1 unspecified atom stereocenters. The van der Waals surface area contributed by atoms with Crippen LogP contribution in [0.5, 0.6) is 5.75 Å². The quantitative estimate of drug-likeness (QED) is 0.736. The van der Waals surface area contributed by atoms with Crippen LogP contribution in [0.15, 0.2) is 24.3 Å². The molecule has 0 spiro atoms. The molecule has 1 aromatic carbocycles. The standard InChI is InChI=1S/C17H28N2O2/c1-5-10-21-16-8-6-15(7-9-16)14(4)18-12-17(20)19-11-13(2)3/h6-9,13-14,18H,5,10-12H2,1-4H3,(H,19,20). The van der Waals surface area contributed by atoms with Gasteiger partial charge < -0.3 is 15.4 Å². The third-order valence-electron chi connectivity index (χ3n) is 3.13. The van der Waals surface area contributed by atoms with Gasteiger partial charge in [-0.15, -0.1) is 0 Å². The predicted molar refractivity (Wildman–Crippen MR) is 86.5 cm³/mol. The molecule has 0 radical (unpaired) electrons. The smallest absolute Gasteiger partial charge is 0.233 e. The normalized spacial score (nSPS) is 12.2. The lowest BCUT2D eigenvalue weighted by molar-refractivity contribution is -0.120. The molecule has 0 aliphatic heterocycles. The first-order chi connectivity index (χ1) is 10.0. The molecule has 2 N–H and O–H groups in total. The van der Waals surface area contributed by atoms with Gasteiger partial charge in [0.1, 0.15) is 5.75 Å². The first-order valence-electron chi connectivity index (χ1n) is 7.75. The molecule has 1 rings (SSSR count). The molecule has 4 nitrogen and oxygen atoms in total. The zero-order valence-corrected chi connectivity index (χ0v) is 13.6. The van der Waals surface area contributed by atoms with E-state index in [0.717, 1.165) is 30.9 Å². The summed E-state index contributed by atoms with van der Waals surface area (Å²) in [5.41, 5.74) is 1.15. The topological polar surface area (TPSA) is 50.4 Å². The summed E-state index contributed by atoms with van der Waals surface area (Å²) in [6.45, 7) is 10.1. The fourth-order valence-corrected chi connectivity index (χ4v) is 1.82. The molecule has 1 atom stereocenters. The molecule has 118 valence electrons. The second-order valence-corrected chi connectivity index (χ2v) is 5.72. The summed E-state index contributed by atoms with van der Waals surface area (Å²) in [6.07, 6.45) is 1.01. The third-order valence-corrected chi connectivity index (χ3v) is 3.13. The van der Waals surface area contributed by atoms with Crippen molar-refractivity contribution in [2.45, 2.75) is 40.2 Å². The Labute approximate surface area is 128 Å². The fraction of sp³-hybridized carbons (Fsp3) is 0.588. The van der Waals surface area contributed by atoms with Gasteiger partial charge in [-0.05, 0) is 37.0 Å². The molecule has 0 aromatic heterocycles. The third kappa shape index (κ3) is 7.14. The second-order valence-electron chi connectivity index (χ2n) is 5.72. The molecule has 1 aromatic rings. The summed E-state index contributed by atoms with van der Waals surface area (Å²) in [6, 6.07) is 8.16. The van der Waals surface area contributed by atoms with Gasteiger partial charge in [0, 0.05) is 12.6 Å². The van der Waals surface area contributed by atoms with Crippen LogP contribution < -0.4 is 15.4 Å². The lowest BCUT2D eigenvalue weighted by atomic mass is 10.1. The Morgan fingerprint density at radius 1 is 1.19 bits per heavy atom. The highest BCUT2D eigenvalue weighted by atomic mass is 16.5. The summed E-state index contributed by atoms with van der Waals surface area (Å²) < 4.78 is 5.56. The SMILES string of the molecule is CCCOc1ccc(C(C)NCC(=O)NCC(C)C)cc1. The maximum atomic E-state index is 11.7. The number of carbonyl (C=O) groups is 1. The zero-order chi connectivity index (χ0) is 15.7. The number of amides is 1. The van der Waals surface area contributed by atoms with Crippen LogP contribution >= 0.6 is 0 Å². The van der Waals surface area contributed by atoms with E-state index in [-0.39, 0.29) is 11.9 Å². The Kier molecular flexibility index (Phi) is 7.83. The Morgan fingerprint density at radius 3 is 2.43 bits per heavy atom. The number of rotatable bonds is 9. The maximum absolute atomic E-state index is 11.7. The monoisotopic (exact) mass is 292 g/mol. The molecule has 4 heteroatoms. The van der Waals surface area contributed by atoms with Crippen LogP contribution in [0.3, 0.4) is 0 Å². The van der Waals surface area contributed by atoms with Crippen LogP contribution in [-0.4, -0.2) is 25.6 Å². The summed E-state index contributed by atoms with van der Waals surface area (Å²) in [5.74, 6) is 1.41. The van der Waals surface area contributed by atoms with Gasteiger partial charge in [0.25, 0.3) is 0 Å². The summed E-state index contributed by atoms with van der Waals surface area (Å²) in [5, 5.41) is 6.13. The number of hydrogen-bond acceptors (Lipinski definition) is 3. The van der Waals surface area contributed by atoms with E-state index in [2.05, 4.69) is 38.3 Å². The number of carbonyl (C=O) groups excluding carboxylic acids is 1. The van der Waals surface area contributed by atoms with Gasteiger partial charge in [-0.3, -0.25) is 4.79 Å². The van der Waals surface area contributed by atoms with Gasteiger partial charge >= 0.3 is 0 Å². The fourth-order valence-electron chi connectivity index (χ4n) is 1.82. The Hall–Kier alpha value is -1.55. The molecule has 0 heterocycles.